The molecule has 0 aromatic heterocycles. The Hall–Kier alpha value is -2.45. The molecule has 0 atom stereocenters. The molecule has 0 unspecified atom stereocenters. The van der Waals surface area contributed by atoms with Crippen molar-refractivity contribution in [2.24, 2.45) is 0 Å². The Balaban J connectivity index is 1.46. The van der Waals surface area contributed by atoms with Crippen LogP contribution in [0, 0.1) is 0 Å². The van der Waals surface area contributed by atoms with Gasteiger partial charge in [-0.05, 0) is 31.9 Å². The topological polar surface area (TPSA) is 85.0 Å². The molecule has 8 heteroatoms. The van der Waals surface area contributed by atoms with E-state index in [-0.39, 0.29) is 24.3 Å². The number of hydrogen-bond acceptors (Lipinski definition) is 5. The molecule has 0 saturated carbocycles. The van der Waals surface area contributed by atoms with Crippen LogP contribution in [-0.2, 0) is 20.8 Å². The van der Waals surface area contributed by atoms with Crippen LogP contribution in [0.5, 0.6) is 0 Å². The number of piperazine rings is 2. The highest BCUT2D eigenvalue weighted by Crippen LogP contribution is 2.18. The lowest BCUT2D eigenvalue weighted by molar-refractivity contribution is -0.141. The van der Waals surface area contributed by atoms with E-state index >= 15 is 0 Å². The van der Waals surface area contributed by atoms with Crippen LogP contribution in [-0.4, -0.2) is 90.3 Å². The molecule has 0 aliphatic carbocycles. The Bertz CT molecular complexity index is 787. The fourth-order valence-corrected chi connectivity index (χ4v) is 3.98. The SMILES string of the molecule is CCc1ccccc1NC(=O)CN1CCN(C(=O)CN2CCNC(=O)C2(C)C)CC1. The van der Waals surface area contributed by atoms with Gasteiger partial charge in [-0.15, -0.1) is 0 Å². The molecule has 2 N–H and O–H groups in total. The van der Waals surface area contributed by atoms with Gasteiger partial charge in [0.2, 0.25) is 17.7 Å². The first-order chi connectivity index (χ1) is 14.3. The van der Waals surface area contributed by atoms with E-state index in [1.165, 1.54) is 0 Å². The largest absolute Gasteiger partial charge is 0.353 e. The van der Waals surface area contributed by atoms with Crippen molar-refractivity contribution in [3.8, 4) is 0 Å². The van der Waals surface area contributed by atoms with Crippen LogP contribution >= 0.6 is 0 Å². The van der Waals surface area contributed by atoms with Crippen LogP contribution in [0.25, 0.3) is 0 Å². The number of nitrogens with one attached hydrogen (secondary N) is 2. The van der Waals surface area contributed by atoms with Crippen LogP contribution < -0.4 is 10.6 Å². The Morgan fingerprint density at radius 1 is 1.07 bits per heavy atom. The highest BCUT2D eigenvalue weighted by atomic mass is 16.2. The molecule has 0 spiro atoms. The smallest absolute Gasteiger partial charge is 0.240 e. The van der Waals surface area contributed by atoms with Gasteiger partial charge in [0.05, 0.1) is 18.6 Å². The van der Waals surface area contributed by atoms with Crippen molar-refractivity contribution < 1.29 is 14.4 Å². The number of hydrogen-bond donors (Lipinski definition) is 2. The summed E-state index contributed by atoms with van der Waals surface area (Å²) in [7, 11) is 0. The quantitative estimate of drug-likeness (QED) is 0.709. The van der Waals surface area contributed by atoms with Crippen LogP contribution in [0.4, 0.5) is 5.69 Å². The highest BCUT2D eigenvalue weighted by Gasteiger charge is 2.39. The first-order valence-electron chi connectivity index (χ1n) is 10.7. The summed E-state index contributed by atoms with van der Waals surface area (Å²) in [6.45, 7) is 10.1. The molecule has 2 saturated heterocycles. The maximum atomic E-state index is 12.8. The van der Waals surface area contributed by atoms with E-state index < -0.39 is 5.54 Å². The van der Waals surface area contributed by atoms with Crippen molar-refractivity contribution >= 4 is 23.4 Å². The van der Waals surface area contributed by atoms with Gasteiger partial charge in [0, 0.05) is 45.0 Å². The van der Waals surface area contributed by atoms with Crippen molar-refractivity contribution in [2.45, 2.75) is 32.7 Å². The molecule has 3 rings (SSSR count). The lowest BCUT2D eigenvalue weighted by atomic mass is 9.99. The average molecular weight is 416 g/mol. The van der Waals surface area contributed by atoms with E-state index in [1.807, 2.05) is 47.9 Å². The zero-order chi connectivity index (χ0) is 21.7. The first-order valence-corrected chi connectivity index (χ1v) is 10.7. The minimum absolute atomic E-state index is 0.0308. The Morgan fingerprint density at radius 3 is 2.47 bits per heavy atom. The number of aryl methyl sites for hydroxylation is 1. The fraction of sp³-hybridized carbons (Fsp3) is 0.591. The van der Waals surface area contributed by atoms with Gasteiger partial charge >= 0.3 is 0 Å². The van der Waals surface area contributed by atoms with Gasteiger partial charge < -0.3 is 15.5 Å². The van der Waals surface area contributed by atoms with Gasteiger partial charge in [-0.25, -0.2) is 0 Å². The summed E-state index contributed by atoms with van der Waals surface area (Å²) < 4.78 is 0. The summed E-state index contributed by atoms with van der Waals surface area (Å²) in [4.78, 5) is 43.1. The van der Waals surface area contributed by atoms with E-state index in [1.54, 1.807) is 0 Å². The lowest BCUT2D eigenvalue weighted by Gasteiger charge is -2.42. The molecule has 8 nitrogen and oxygen atoms in total. The summed E-state index contributed by atoms with van der Waals surface area (Å²) in [5, 5.41) is 5.86. The minimum atomic E-state index is -0.678. The second-order valence-corrected chi connectivity index (χ2v) is 8.45. The van der Waals surface area contributed by atoms with Crippen molar-refractivity contribution in [3.05, 3.63) is 29.8 Å². The molecular weight excluding hydrogens is 382 g/mol. The number of nitrogens with zero attached hydrogens (tertiary/aromatic N) is 3. The van der Waals surface area contributed by atoms with Crippen molar-refractivity contribution in [2.75, 3.05) is 57.7 Å². The summed E-state index contributed by atoms with van der Waals surface area (Å²) in [6.07, 6.45) is 0.868. The molecule has 3 amide bonds. The maximum absolute atomic E-state index is 12.8. The van der Waals surface area contributed by atoms with Gasteiger partial charge in [-0.3, -0.25) is 24.2 Å². The second-order valence-electron chi connectivity index (χ2n) is 8.45. The molecule has 0 radical (unpaired) electrons. The van der Waals surface area contributed by atoms with Crippen molar-refractivity contribution in [3.63, 3.8) is 0 Å². The van der Waals surface area contributed by atoms with Crippen LogP contribution in [0.2, 0.25) is 0 Å². The molecule has 30 heavy (non-hydrogen) atoms. The van der Waals surface area contributed by atoms with Gasteiger partial charge in [0.1, 0.15) is 0 Å². The number of amides is 3. The first kappa shape index (κ1) is 22.2. The lowest BCUT2D eigenvalue weighted by Crippen LogP contribution is -2.64. The van der Waals surface area contributed by atoms with E-state index in [0.717, 1.165) is 17.7 Å². The number of para-hydroxylation sites is 1. The van der Waals surface area contributed by atoms with Gasteiger partial charge in [0.25, 0.3) is 0 Å². The molecule has 2 aliphatic heterocycles. The van der Waals surface area contributed by atoms with E-state index in [0.29, 0.717) is 45.8 Å². The average Bonchev–Trinajstić information content (AvgIpc) is 2.72. The van der Waals surface area contributed by atoms with Crippen LogP contribution in [0.15, 0.2) is 24.3 Å². The molecule has 2 aliphatic rings. The fourth-order valence-electron chi connectivity index (χ4n) is 3.98. The van der Waals surface area contributed by atoms with E-state index in [4.69, 9.17) is 0 Å². The summed E-state index contributed by atoms with van der Waals surface area (Å²) in [5.41, 5.74) is 1.31. The van der Waals surface area contributed by atoms with Crippen LogP contribution in [0.1, 0.15) is 26.3 Å². The third-order valence-electron chi connectivity index (χ3n) is 6.10. The Morgan fingerprint density at radius 2 is 1.77 bits per heavy atom. The van der Waals surface area contributed by atoms with Crippen LogP contribution in [0.3, 0.4) is 0 Å². The van der Waals surface area contributed by atoms with Gasteiger partial charge in [0.15, 0.2) is 0 Å². The molecule has 1 aromatic rings. The van der Waals surface area contributed by atoms with Crippen molar-refractivity contribution in [1.29, 1.82) is 0 Å². The molecule has 0 bridgehead atoms. The molecule has 164 valence electrons. The Kier molecular flexibility index (Phi) is 7.10. The normalized spacial score (nSPS) is 20.0. The third-order valence-corrected chi connectivity index (χ3v) is 6.10. The minimum Gasteiger partial charge on any atom is -0.353 e. The molecule has 2 fully saturated rings. The molecular formula is C22H33N5O3. The van der Waals surface area contributed by atoms with Gasteiger partial charge in [-0.1, -0.05) is 25.1 Å². The molecule has 1 aromatic carbocycles. The number of carbonyl (C=O) groups is 3. The summed E-state index contributed by atoms with van der Waals surface area (Å²) in [5.74, 6) is -0.0301. The monoisotopic (exact) mass is 415 g/mol. The summed E-state index contributed by atoms with van der Waals surface area (Å²) in [6, 6.07) is 7.84. The molecule has 2 heterocycles. The van der Waals surface area contributed by atoms with E-state index in [2.05, 4.69) is 22.5 Å². The zero-order valence-electron chi connectivity index (χ0n) is 18.2. The summed E-state index contributed by atoms with van der Waals surface area (Å²) >= 11 is 0. The number of anilines is 1. The second kappa shape index (κ2) is 9.57. The predicted octanol–water partition coefficient (Wildman–Crippen LogP) is 0.542. The zero-order valence-corrected chi connectivity index (χ0v) is 18.2. The van der Waals surface area contributed by atoms with Crippen molar-refractivity contribution in [1.82, 2.24) is 20.0 Å². The predicted molar refractivity (Wildman–Crippen MR) is 116 cm³/mol. The maximum Gasteiger partial charge on any atom is 0.240 e. The number of benzene rings is 1. The number of carbonyl (C=O) groups excluding carboxylic acids is 3. The Labute approximate surface area is 178 Å². The van der Waals surface area contributed by atoms with Gasteiger partial charge in [-0.2, -0.15) is 0 Å². The third kappa shape index (κ3) is 5.17. The van der Waals surface area contributed by atoms with E-state index in [9.17, 15) is 14.4 Å². The highest BCUT2D eigenvalue weighted by molar-refractivity contribution is 5.93. The standard InChI is InChI=1S/C22H33N5O3/c1-4-17-7-5-6-8-18(17)24-19(28)15-25-11-13-26(14-12-25)20(29)16-27-10-9-23-21(30)22(27,2)3/h5-8H,4,9-16H2,1-3H3,(H,23,30)(H,24,28). The number of rotatable bonds is 6.